The fourth-order valence-corrected chi connectivity index (χ4v) is 1.35. The van der Waals surface area contributed by atoms with Gasteiger partial charge in [0.1, 0.15) is 0 Å². The molecule has 0 aliphatic carbocycles. The fourth-order valence-electron chi connectivity index (χ4n) is 1.35. The van der Waals surface area contributed by atoms with Crippen LogP contribution in [0.4, 0.5) is 0 Å². The van der Waals surface area contributed by atoms with Crippen LogP contribution in [0.3, 0.4) is 0 Å². The number of ether oxygens (including phenoxy) is 2. The number of hydrogen-bond acceptors (Lipinski definition) is 4. The maximum atomic E-state index is 5.60. The third-order valence-electron chi connectivity index (χ3n) is 2.32. The molecule has 2 N–H and O–H groups in total. The van der Waals surface area contributed by atoms with E-state index in [4.69, 9.17) is 15.2 Å². The number of nitrogens with two attached hydrogens (primary N) is 1. The minimum absolute atomic E-state index is 0.199. The van der Waals surface area contributed by atoms with Crippen molar-refractivity contribution in [1.82, 2.24) is 4.90 Å². The first-order valence-electron chi connectivity index (χ1n) is 5.82. The highest BCUT2D eigenvalue weighted by atomic mass is 16.5. The van der Waals surface area contributed by atoms with Crippen LogP contribution in [-0.2, 0) is 9.47 Å². The number of rotatable bonds is 10. The van der Waals surface area contributed by atoms with Crippen LogP contribution in [0.15, 0.2) is 0 Å². The highest BCUT2D eigenvalue weighted by Gasteiger charge is 2.07. The van der Waals surface area contributed by atoms with Crippen LogP contribution >= 0.6 is 0 Å². The summed E-state index contributed by atoms with van der Waals surface area (Å²) in [5.41, 5.74) is 5.60. The van der Waals surface area contributed by atoms with Crippen LogP contribution in [0.1, 0.15) is 20.3 Å². The molecule has 0 aromatic rings. The zero-order valence-corrected chi connectivity index (χ0v) is 10.4. The molecule has 4 heteroatoms. The molecule has 0 saturated carbocycles. The molecule has 0 aliphatic heterocycles. The van der Waals surface area contributed by atoms with E-state index < -0.39 is 0 Å². The van der Waals surface area contributed by atoms with Crippen molar-refractivity contribution in [2.24, 2.45) is 5.73 Å². The van der Waals surface area contributed by atoms with Crippen molar-refractivity contribution in [2.75, 3.05) is 46.5 Å². The molecule has 0 aromatic heterocycles. The Labute approximate surface area is 93.7 Å². The SMILES string of the molecule is CCOCCN(C)CCC(CN)OCC. The van der Waals surface area contributed by atoms with Gasteiger partial charge in [0, 0.05) is 32.8 Å². The van der Waals surface area contributed by atoms with Gasteiger partial charge in [-0.05, 0) is 27.3 Å². The molecule has 1 unspecified atom stereocenters. The van der Waals surface area contributed by atoms with E-state index in [1.54, 1.807) is 0 Å². The van der Waals surface area contributed by atoms with Crippen molar-refractivity contribution in [3.63, 3.8) is 0 Å². The predicted octanol–water partition coefficient (Wildman–Crippen LogP) is 0.709. The van der Waals surface area contributed by atoms with Gasteiger partial charge in [0.2, 0.25) is 0 Å². The van der Waals surface area contributed by atoms with Crippen molar-refractivity contribution in [3.05, 3.63) is 0 Å². The molecule has 0 saturated heterocycles. The smallest absolute Gasteiger partial charge is 0.0709 e. The van der Waals surface area contributed by atoms with E-state index in [9.17, 15) is 0 Å². The largest absolute Gasteiger partial charge is 0.380 e. The first kappa shape index (κ1) is 14.8. The van der Waals surface area contributed by atoms with Crippen molar-refractivity contribution in [3.8, 4) is 0 Å². The molecule has 92 valence electrons. The van der Waals surface area contributed by atoms with E-state index in [-0.39, 0.29) is 6.10 Å². The molecule has 0 radical (unpaired) electrons. The van der Waals surface area contributed by atoms with Gasteiger partial charge in [0.25, 0.3) is 0 Å². The summed E-state index contributed by atoms with van der Waals surface area (Å²) in [5, 5.41) is 0. The Morgan fingerprint density at radius 3 is 2.47 bits per heavy atom. The summed E-state index contributed by atoms with van der Waals surface area (Å²) in [6.07, 6.45) is 1.19. The lowest BCUT2D eigenvalue weighted by molar-refractivity contribution is 0.0527. The highest BCUT2D eigenvalue weighted by molar-refractivity contribution is 4.61. The molecular weight excluding hydrogens is 192 g/mol. The molecule has 0 fully saturated rings. The topological polar surface area (TPSA) is 47.7 Å². The summed E-state index contributed by atoms with van der Waals surface area (Å²) in [4.78, 5) is 2.25. The van der Waals surface area contributed by atoms with Crippen LogP contribution in [0.5, 0.6) is 0 Å². The number of nitrogens with zero attached hydrogens (tertiary/aromatic N) is 1. The normalized spacial score (nSPS) is 13.4. The lowest BCUT2D eigenvalue weighted by Gasteiger charge is -2.20. The van der Waals surface area contributed by atoms with Crippen molar-refractivity contribution in [1.29, 1.82) is 0 Å². The van der Waals surface area contributed by atoms with Gasteiger partial charge in [-0.15, -0.1) is 0 Å². The van der Waals surface area contributed by atoms with Gasteiger partial charge in [-0.1, -0.05) is 0 Å². The molecule has 1 atom stereocenters. The monoisotopic (exact) mass is 218 g/mol. The van der Waals surface area contributed by atoms with Gasteiger partial charge in [-0.2, -0.15) is 0 Å². The molecule has 0 spiro atoms. The molecule has 4 nitrogen and oxygen atoms in total. The summed E-state index contributed by atoms with van der Waals surface area (Å²) in [5.74, 6) is 0. The summed E-state index contributed by atoms with van der Waals surface area (Å²) in [6.45, 7) is 8.93. The van der Waals surface area contributed by atoms with Crippen molar-refractivity contribution < 1.29 is 9.47 Å². The van der Waals surface area contributed by atoms with Gasteiger partial charge >= 0.3 is 0 Å². The summed E-state index contributed by atoms with van der Waals surface area (Å²) >= 11 is 0. The summed E-state index contributed by atoms with van der Waals surface area (Å²) in [6, 6.07) is 0. The fraction of sp³-hybridized carbons (Fsp3) is 1.00. The van der Waals surface area contributed by atoms with E-state index >= 15 is 0 Å². The summed E-state index contributed by atoms with van der Waals surface area (Å²) in [7, 11) is 2.10. The third-order valence-corrected chi connectivity index (χ3v) is 2.32. The molecule has 0 bridgehead atoms. The lowest BCUT2D eigenvalue weighted by Crippen LogP contribution is -2.31. The quantitative estimate of drug-likeness (QED) is 0.549. The molecule has 0 heterocycles. The molecule has 15 heavy (non-hydrogen) atoms. The Balaban J connectivity index is 3.45. The molecule has 0 aromatic carbocycles. The second-order valence-electron chi connectivity index (χ2n) is 3.60. The minimum atomic E-state index is 0.199. The van der Waals surface area contributed by atoms with Gasteiger partial charge in [0.15, 0.2) is 0 Å². The standard InChI is InChI=1S/C11H26N2O2/c1-4-14-9-8-13(3)7-6-11(10-12)15-5-2/h11H,4-10,12H2,1-3H3. The number of likely N-dealkylation sites (N-methyl/N-ethyl adjacent to an activating group) is 1. The average Bonchev–Trinajstić information content (AvgIpc) is 2.24. The molecule has 0 rings (SSSR count). The number of hydrogen-bond donors (Lipinski definition) is 1. The van der Waals surface area contributed by atoms with Crippen LogP contribution in [0.25, 0.3) is 0 Å². The average molecular weight is 218 g/mol. The van der Waals surface area contributed by atoms with E-state index in [1.165, 1.54) is 0 Å². The second kappa shape index (κ2) is 10.4. The maximum absolute atomic E-state index is 5.60. The zero-order chi connectivity index (χ0) is 11.5. The van der Waals surface area contributed by atoms with E-state index in [2.05, 4.69) is 11.9 Å². The van der Waals surface area contributed by atoms with Crippen LogP contribution < -0.4 is 5.73 Å². The first-order chi connectivity index (χ1) is 7.24. The predicted molar refractivity (Wildman–Crippen MR) is 63.1 cm³/mol. The van der Waals surface area contributed by atoms with Gasteiger partial charge in [-0.25, -0.2) is 0 Å². The Morgan fingerprint density at radius 2 is 1.93 bits per heavy atom. The van der Waals surface area contributed by atoms with Crippen LogP contribution in [-0.4, -0.2) is 57.5 Å². The van der Waals surface area contributed by atoms with Crippen molar-refractivity contribution in [2.45, 2.75) is 26.4 Å². The lowest BCUT2D eigenvalue weighted by atomic mass is 10.2. The highest BCUT2D eigenvalue weighted by Crippen LogP contribution is 1.98. The molecule has 0 aliphatic rings. The Morgan fingerprint density at radius 1 is 1.20 bits per heavy atom. The van der Waals surface area contributed by atoms with Crippen LogP contribution in [0.2, 0.25) is 0 Å². The van der Waals surface area contributed by atoms with Crippen LogP contribution in [0, 0.1) is 0 Å². The minimum Gasteiger partial charge on any atom is -0.380 e. The first-order valence-corrected chi connectivity index (χ1v) is 5.82. The maximum Gasteiger partial charge on any atom is 0.0709 e. The summed E-state index contributed by atoms with van der Waals surface area (Å²) < 4.78 is 10.8. The van der Waals surface area contributed by atoms with Gasteiger partial charge < -0.3 is 20.1 Å². The van der Waals surface area contributed by atoms with E-state index in [0.29, 0.717) is 6.54 Å². The Hall–Kier alpha value is -0.160. The Kier molecular flexibility index (Phi) is 10.3. The van der Waals surface area contributed by atoms with Crippen molar-refractivity contribution >= 4 is 0 Å². The third kappa shape index (κ3) is 8.81. The zero-order valence-electron chi connectivity index (χ0n) is 10.4. The van der Waals surface area contributed by atoms with E-state index in [1.807, 2.05) is 13.8 Å². The van der Waals surface area contributed by atoms with Gasteiger partial charge in [0.05, 0.1) is 12.7 Å². The Bertz CT molecular complexity index is 134. The van der Waals surface area contributed by atoms with Gasteiger partial charge in [-0.3, -0.25) is 0 Å². The molecule has 0 amide bonds. The molecular formula is C11H26N2O2. The second-order valence-corrected chi connectivity index (χ2v) is 3.60. The van der Waals surface area contributed by atoms with E-state index in [0.717, 1.165) is 39.3 Å².